The van der Waals surface area contributed by atoms with E-state index in [1.165, 1.54) is 18.2 Å². The molecule has 1 aliphatic rings. The molecule has 0 saturated carbocycles. The highest BCUT2D eigenvalue weighted by molar-refractivity contribution is 8.18. The Labute approximate surface area is 140 Å². The zero-order valence-electron chi connectivity index (χ0n) is 12.2. The van der Waals surface area contributed by atoms with Gasteiger partial charge in [0.15, 0.2) is 5.17 Å². The van der Waals surface area contributed by atoms with Crippen molar-refractivity contribution in [2.24, 2.45) is 4.99 Å². The van der Waals surface area contributed by atoms with Gasteiger partial charge in [-0.2, -0.15) is 0 Å². The molecule has 24 heavy (non-hydrogen) atoms. The van der Waals surface area contributed by atoms with Gasteiger partial charge in [0, 0.05) is 0 Å². The van der Waals surface area contributed by atoms with E-state index in [0.29, 0.717) is 15.6 Å². The van der Waals surface area contributed by atoms with Gasteiger partial charge in [0.2, 0.25) is 0 Å². The van der Waals surface area contributed by atoms with E-state index in [4.69, 9.17) is 5.11 Å². The lowest BCUT2D eigenvalue weighted by Gasteiger charge is -2.00. The number of benzene rings is 2. The first kappa shape index (κ1) is 15.9. The molecule has 1 fully saturated rings. The molecule has 1 aliphatic heterocycles. The van der Waals surface area contributed by atoms with E-state index < -0.39 is 5.97 Å². The minimum Gasteiger partial charge on any atom is -0.478 e. The van der Waals surface area contributed by atoms with E-state index in [1.54, 1.807) is 36.4 Å². The number of para-hydroxylation sites is 1. The molecule has 1 heterocycles. The fourth-order valence-electron chi connectivity index (χ4n) is 2.05. The van der Waals surface area contributed by atoms with Crippen molar-refractivity contribution in [3.05, 3.63) is 70.4 Å². The van der Waals surface area contributed by atoms with E-state index >= 15 is 0 Å². The molecule has 0 radical (unpaired) electrons. The molecule has 0 bridgehead atoms. The Balaban J connectivity index is 1.87. The maximum Gasteiger partial charge on any atom is 0.337 e. The number of amidine groups is 1. The lowest BCUT2D eigenvalue weighted by molar-refractivity contribution is -0.115. The van der Waals surface area contributed by atoms with Crippen LogP contribution < -0.4 is 5.32 Å². The Morgan fingerprint density at radius 3 is 2.58 bits per heavy atom. The van der Waals surface area contributed by atoms with Crippen LogP contribution in [-0.4, -0.2) is 22.2 Å². The number of carboxylic acid groups (broad SMARTS) is 1. The van der Waals surface area contributed by atoms with Crippen LogP contribution in [0.3, 0.4) is 0 Å². The minimum atomic E-state index is -1.09. The molecule has 0 aromatic heterocycles. The number of carboxylic acids is 1. The number of aliphatic imine (C=N–C) groups is 1. The summed E-state index contributed by atoms with van der Waals surface area (Å²) in [4.78, 5) is 27.8. The topological polar surface area (TPSA) is 78.8 Å². The smallest absolute Gasteiger partial charge is 0.337 e. The van der Waals surface area contributed by atoms with Crippen molar-refractivity contribution in [1.82, 2.24) is 5.32 Å². The molecule has 3 rings (SSSR count). The molecule has 7 heteroatoms. The minimum absolute atomic E-state index is 0.0517. The predicted octanol–water partition coefficient (Wildman–Crippen LogP) is 3.42. The van der Waals surface area contributed by atoms with Crippen LogP contribution in [0.15, 0.2) is 58.4 Å². The maximum atomic E-state index is 12.9. The standard InChI is InChI=1S/C17H11FN2O3S/c18-11-7-5-10(6-8-11)9-14-15(21)20-17(24-14)19-13-4-2-1-3-12(13)16(22)23/h1-9H,(H,22,23)(H,19,20,21)/b14-9-. The number of nitrogens with one attached hydrogen (secondary N) is 1. The number of aromatic carboxylic acids is 1. The van der Waals surface area contributed by atoms with Gasteiger partial charge in [-0.05, 0) is 47.7 Å². The summed E-state index contributed by atoms with van der Waals surface area (Å²) in [5.74, 6) is -1.78. The van der Waals surface area contributed by atoms with Crippen LogP contribution in [0.5, 0.6) is 0 Å². The molecule has 0 aliphatic carbocycles. The lowest BCUT2D eigenvalue weighted by Crippen LogP contribution is -2.19. The van der Waals surface area contributed by atoms with Crippen molar-refractivity contribution in [2.45, 2.75) is 0 Å². The zero-order chi connectivity index (χ0) is 17.1. The largest absolute Gasteiger partial charge is 0.478 e. The summed E-state index contributed by atoms with van der Waals surface area (Å²) in [6.07, 6.45) is 1.62. The number of hydrogen-bond acceptors (Lipinski definition) is 4. The van der Waals surface area contributed by atoms with E-state index in [2.05, 4.69) is 10.3 Å². The predicted molar refractivity (Wildman–Crippen MR) is 90.6 cm³/mol. The third-order valence-electron chi connectivity index (χ3n) is 3.18. The first-order valence-electron chi connectivity index (χ1n) is 6.90. The molecular weight excluding hydrogens is 331 g/mol. The van der Waals surface area contributed by atoms with Crippen molar-refractivity contribution in [3.8, 4) is 0 Å². The average molecular weight is 342 g/mol. The van der Waals surface area contributed by atoms with Crippen LogP contribution >= 0.6 is 11.8 Å². The fraction of sp³-hybridized carbons (Fsp3) is 0. The Hall–Kier alpha value is -2.93. The van der Waals surface area contributed by atoms with Gasteiger partial charge in [-0.15, -0.1) is 0 Å². The second kappa shape index (κ2) is 6.67. The van der Waals surface area contributed by atoms with Crippen molar-refractivity contribution >= 4 is 40.6 Å². The van der Waals surface area contributed by atoms with Gasteiger partial charge in [-0.25, -0.2) is 14.2 Å². The highest BCUT2D eigenvalue weighted by atomic mass is 32.2. The summed E-state index contributed by atoms with van der Waals surface area (Å²) in [6.45, 7) is 0. The Bertz CT molecular complexity index is 876. The number of thioether (sulfide) groups is 1. The molecule has 2 aromatic carbocycles. The number of hydrogen-bond donors (Lipinski definition) is 2. The van der Waals surface area contributed by atoms with Crippen LogP contribution in [0.25, 0.3) is 6.08 Å². The van der Waals surface area contributed by atoms with Gasteiger partial charge in [-0.3, -0.25) is 4.79 Å². The molecule has 1 saturated heterocycles. The SMILES string of the molecule is O=C1NC(=Nc2ccccc2C(=O)O)S/C1=C\c1ccc(F)cc1. The van der Waals surface area contributed by atoms with Gasteiger partial charge in [-0.1, -0.05) is 24.3 Å². The van der Waals surface area contributed by atoms with E-state index in [9.17, 15) is 14.0 Å². The van der Waals surface area contributed by atoms with Crippen LogP contribution in [0.2, 0.25) is 0 Å². The third kappa shape index (κ3) is 3.52. The second-order valence-corrected chi connectivity index (χ2v) is 5.89. The van der Waals surface area contributed by atoms with E-state index in [1.807, 2.05) is 0 Å². The van der Waals surface area contributed by atoms with Crippen molar-refractivity contribution in [1.29, 1.82) is 0 Å². The monoisotopic (exact) mass is 342 g/mol. The number of rotatable bonds is 3. The van der Waals surface area contributed by atoms with Crippen LogP contribution in [0.4, 0.5) is 10.1 Å². The van der Waals surface area contributed by atoms with Gasteiger partial charge in [0.25, 0.3) is 5.91 Å². The molecular formula is C17H11FN2O3S. The first-order valence-corrected chi connectivity index (χ1v) is 7.72. The van der Waals surface area contributed by atoms with Crippen molar-refractivity contribution in [2.75, 3.05) is 0 Å². The first-order chi connectivity index (χ1) is 11.5. The van der Waals surface area contributed by atoms with Gasteiger partial charge >= 0.3 is 5.97 Å². The molecule has 120 valence electrons. The molecule has 2 aromatic rings. The Kier molecular flexibility index (Phi) is 4.43. The number of carbonyl (C=O) groups excluding carboxylic acids is 1. The molecule has 0 unspecified atom stereocenters. The summed E-state index contributed by atoms with van der Waals surface area (Å²) < 4.78 is 12.9. The molecule has 1 amide bonds. The normalized spacial score (nSPS) is 17.3. The van der Waals surface area contributed by atoms with Crippen molar-refractivity contribution in [3.63, 3.8) is 0 Å². The average Bonchev–Trinajstić information content (AvgIpc) is 2.89. The van der Waals surface area contributed by atoms with Gasteiger partial charge in [0.1, 0.15) is 5.82 Å². The summed E-state index contributed by atoms with van der Waals surface area (Å²) >= 11 is 1.10. The number of nitrogens with zero attached hydrogens (tertiary/aromatic N) is 1. The summed E-state index contributed by atoms with van der Waals surface area (Å²) in [5.41, 5.74) is 0.993. The molecule has 0 atom stereocenters. The van der Waals surface area contributed by atoms with Crippen molar-refractivity contribution < 1.29 is 19.1 Å². The molecule has 5 nitrogen and oxygen atoms in total. The van der Waals surface area contributed by atoms with Gasteiger partial charge < -0.3 is 10.4 Å². The molecule has 2 N–H and O–H groups in total. The number of halogens is 1. The quantitative estimate of drug-likeness (QED) is 0.838. The van der Waals surface area contributed by atoms with Crippen LogP contribution in [0.1, 0.15) is 15.9 Å². The fourth-order valence-corrected chi connectivity index (χ4v) is 2.89. The third-order valence-corrected chi connectivity index (χ3v) is 4.08. The highest BCUT2D eigenvalue weighted by Crippen LogP contribution is 2.29. The number of carbonyl (C=O) groups is 2. The lowest BCUT2D eigenvalue weighted by atomic mass is 10.2. The molecule has 0 spiro atoms. The number of amides is 1. The van der Waals surface area contributed by atoms with E-state index in [0.717, 1.165) is 11.8 Å². The summed E-state index contributed by atoms with van der Waals surface area (Å²) in [5, 5.41) is 12.0. The summed E-state index contributed by atoms with van der Waals surface area (Å²) in [7, 11) is 0. The zero-order valence-corrected chi connectivity index (χ0v) is 13.0. The maximum absolute atomic E-state index is 12.9. The second-order valence-electron chi connectivity index (χ2n) is 4.86. The van der Waals surface area contributed by atoms with Crippen LogP contribution in [0, 0.1) is 5.82 Å². The highest BCUT2D eigenvalue weighted by Gasteiger charge is 2.24. The van der Waals surface area contributed by atoms with Crippen LogP contribution in [-0.2, 0) is 4.79 Å². The Morgan fingerprint density at radius 2 is 1.88 bits per heavy atom. The summed E-state index contributed by atoms with van der Waals surface area (Å²) in [6, 6.07) is 12.0. The van der Waals surface area contributed by atoms with Gasteiger partial charge in [0.05, 0.1) is 16.2 Å². The Morgan fingerprint density at radius 1 is 1.17 bits per heavy atom. The van der Waals surface area contributed by atoms with E-state index in [-0.39, 0.29) is 23.0 Å².